The van der Waals surface area contributed by atoms with E-state index in [2.05, 4.69) is 37.4 Å². The van der Waals surface area contributed by atoms with Crippen LogP contribution in [0.1, 0.15) is 83.8 Å². The van der Waals surface area contributed by atoms with Crippen molar-refractivity contribution < 1.29 is 28.7 Å². The van der Waals surface area contributed by atoms with E-state index in [-0.39, 0.29) is 23.9 Å². The summed E-state index contributed by atoms with van der Waals surface area (Å²) in [4.78, 5) is 72.2. The summed E-state index contributed by atoms with van der Waals surface area (Å²) < 4.78 is 9.65. The number of H-pyrrole nitrogens is 2. The van der Waals surface area contributed by atoms with Gasteiger partial charge in [-0.2, -0.15) is 0 Å². The third kappa shape index (κ3) is 8.42. The minimum absolute atomic E-state index is 0.224. The van der Waals surface area contributed by atoms with Crippen LogP contribution >= 0.6 is 0 Å². The van der Waals surface area contributed by atoms with Crippen LogP contribution in [0.3, 0.4) is 0 Å². The van der Waals surface area contributed by atoms with Crippen molar-refractivity contribution in [1.82, 2.24) is 40.4 Å². The van der Waals surface area contributed by atoms with E-state index in [0.29, 0.717) is 35.9 Å². The van der Waals surface area contributed by atoms with Gasteiger partial charge in [0.2, 0.25) is 0 Å². The highest BCUT2D eigenvalue weighted by Gasteiger charge is 2.38. The molecule has 6 aromatic rings. The summed E-state index contributed by atoms with van der Waals surface area (Å²) in [5, 5.41) is 5.41. The molecule has 0 spiro atoms. The number of amides is 4. The van der Waals surface area contributed by atoms with Crippen LogP contribution in [0.2, 0.25) is 0 Å². The fraction of sp³-hybridized carbons (Fsp3) is 0.261. The fourth-order valence-electron chi connectivity index (χ4n) is 7.98. The van der Waals surface area contributed by atoms with Crippen molar-refractivity contribution in [2.24, 2.45) is 0 Å². The molecule has 4 aromatic carbocycles. The number of ether oxygens (including phenoxy) is 2. The minimum Gasteiger partial charge on any atom is -0.453 e. The number of aromatic amines is 2. The number of aromatic nitrogens is 4. The maximum absolute atomic E-state index is 13.9. The Morgan fingerprint density at radius 3 is 1.78 bits per heavy atom. The predicted molar refractivity (Wildman–Crippen MR) is 223 cm³/mol. The van der Waals surface area contributed by atoms with Gasteiger partial charge in [-0.05, 0) is 72.7 Å². The Kier molecular flexibility index (Phi) is 11.6. The molecule has 60 heavy (non-hydrogen) atoms. The molecule has 0 saturated carbocycles. The van der Waals surface area contributed by atoms with E-state index in [1.807, 2.05) is 103 Å². The van der Waals surface area contributed by atoms with Crippen LogP contribution in [-0.4, -0.2) is 81.0 Å². The van der Waals surface area contributed by atoms with Crippen LogP contribution in [0.5, 0.6) is 0 Å². The first-order valence-corrected chi connectivity index (χ1v) is 19.9. The summed E-state index contributed by atoms with van der Waals surface area (Å²) in [7, 11) is 2.55. The summed E-state index contributed by atoms with van der Waals surface area (Å²) in [6.07, 6.45) is 3.50. The highest BCUT2D eigenvalue weighted by atomic mass is 16.5. The predicted octanol–water partition coefficient (Wildman–Crippen LogP) is 6.87. The molecule has 14 heteroatoms. The Morgan fingerprint density at radius 1 is 0.683 bits per heavy atom. The van der Waals surface area contributed by atoms with Crippen molar-refractivity contribution >= 4 is 35.0 Å². The van der Waals surface area contributed by atoms with Gasteiger partial charge in [0.05, 0.1) is 49.2 Å². The molecule has 8 rings (SSSR count). The second-order valence-corrected chi connectivity index (χ2v) is 14.7. The number of nitrogens with one attached hydrogen (secondary N) is 4. The molecule has 0 radical (unpaired) electrons. The van der Waals surface area contributed by atoms with E-state index < -0.39 is 24.3 Å². The third-order valence-corrected chi connectivity index (χ3v) is 11.0. The Hall–Kier alpha value is -7.40. The molecule has 2 aliphatic heterocycles. The number of methoxy groups -OCH3 is 2. The van der Waals surface area contributed by atoms with Crippen LogP contribution in [0.25, 0.3) is 22.3 Å². The lowest BCUT2D eigenvalue weighted by Gasteiger charge is -2.28. The Morgan fingerprint density at radius 2 is 1.22 bits per heavy atom. The van der Waals surface area contributed by atoms with Crippen molar-refractivity contribution in [3.8, 4) is 23.1 Å². The molecule has 2 fully saturated rings. The van der Waals surface area contributed by atoms with Crippen molar-refractivity contribution in [2.75, 3.05) is 27.3 Å². The smallest absolute Gasteiger partial charge is 0.407 e. The van der Waals surface area contributed by atoms with E-state index in [1.54, 1.807) is 16.0 Å². The van der Waals surface area contributed by atoms with E-state index in [9.17, 15) is 19.2 Å². The van der Waals surface area contributed by atoms with Gasteiger partial charge in [0.15, 0.2) is 0 Å². The van der Waals surface area contributed by atoms with Gasteiger partial charge >= 0.3 is 12.2 Å². The quantitative estimate of drug-likeness (QED) is 0.115. The summed E-state index contributed by atoms with van der Waals surface area (Å²) >= 11 is 0. The second kappa shape index (κ2) is 17.6. The van der Waals surface area contributed by atoms with Gasteiger partial charge in [0, 0.05) is 24.2 Å². The maximum Gasteiger partial charge on any atom is 0.407 e. The third-order valence-electron chi connectivity index (χ3n) is 11.0. The number of nitrogens with zero attached hydrogens (tertiary/aromatic N) is 4. The number of imidazole rings is 2. The van der Waals surface area contributed by atoms with Crippen molar-refractivity contribution in [3.63, 3.8) is 0 Å². The number of fused-ring (bicyclic) bond motifs is 1. The van der Waals surface area contributed by atoms with Crippen molar-refractivity contribution in [2.45, 2.75) is 49.9 Å². The summed E-state index contributed by atoms with van der Waals surface area (Å²) in [6.45, 7) is 1.08. The Bertz CT molecular complexity index is 2560. The number of carbonyl (C=O) groups excluding carboxylic acids is 4. The van der Waals surface area contributed by atoms with E-state index in [1.165, 1.54) is 14.2 Å². The SMILES string of the molecule is COC(=O)N[C@H](C(=O)N1CCC[C@@H]1c1ncc(-c2ccc(C#Cc3ccc4nc([C@@H]5CCCN5C(=O)[C@H](NC(=O)OC)c5ccccc5)[nH]c4c3)cc2)[nH]1)c1ccccc1. The van der Waals surface area contributed by atoms with Crippen LogP contribution in [-0.2, 0) is 19.1 Å². The number of rotatable bonds is 9. The molecule has 4 atom stereocenters. The standard InChI is InChI=1S/C46H44N8O6/c1-59-45(57)51-39(32-11-5-3-6-12-32)43(55)53-25-9-15-37(53)41-47-28-36(50-41)31-22-19-29(20-23-31)17-18-30-21-24-34-35(27-30)49-42(48-34)38-16-10-26-54(38)44(56)40(52-46(58)60-2)33-13-7-4-8-14-33/h3-8,11-14,19-24,27-28,37-40H,9-10,15-16,25-26H2,1-2H3,(H,47,50)(H,48,49)(H,51,57)(H,52,58)/t37-,38+,39+,40-/m1/s1. The molecule has 0 unspecified atom stereocenters. The Labute approximate surface area is 346 Å². The van der Waals surface area contributed by atoms with Gasteiger partial charge < -0.3 is 39.9 Å². The zero-order chi connectivity index (χ0) is 41.6. The van der Waals surface area contributed by atoms with Gasteiger partial charge in [-0.25, -0.2) is 19.6 Å². The molecule has 2 saturated heterocycles. The van der Waals surface area contributed by atoms with Gasteiger partial charge in [-0.15, -0.1) is 0 Å². The summed E-state index contributed by atoms with van der Waals surface area (Å²) in [5.74, 6) is 7.43. The van der Waals surface area contributed by atoms with Crippen LogP contribution in [0, 0.1) is 11.8 Å². The summed E-state index contributed by atoms with van der Waals surface area (Å²) in [6, 6.07) is 29.6. The molecule has 4 N–H and O–H groups in total. The largest absolute Gasteiger partial charge is 0.453 e. The molecule has 0 aliphatic carbocycles. The molecule has 2 aliphatic rings. The van der Waals surface area contributed by atoms with Gasteiger partial charge in [-0.1, -0.05) is 84.6 Å². The van der Waals surface area contributed by atoms with E-state index in [0.717, 1.165) is 59.1 Å². The van der Waals surface area contributed by atoms with Gasteiger partial charge in [0.1, 0.15) is 23.7 Å². The molecular formula is C46H44N8O6. The first-order chi connectivity index (χ1) is 29.3. The minimum atomic E-state index is -0.894. The number of alkyl carbamates (subject to hydrolysis) is 2. The average molecular weight is 805 g/mol. The topological polar surface area (TPSA) is 175 Å². The number of carbonyl (C=O) groups is 4. The molecule has 304 valence electrons. The monoisotopic (exact) mass is 804 g/mol. The van der Waals surface area contributed by atoms with Crippen LogP contribution < -0.4 is 10.6 Å². The molecule has 4 amide bonds. The second-order valence-electron chi connectivity index (χ2n) is 14.7. The van der Waals surface area contributed by atoms with Crippen LogP contribution in [0.4, 0.5) is 9.59 Å². The first kappa shape index (κ1) is 39.4. The average Bonchev–Trinajstić information content (AvgIpc) is 4.13. The zero-order valence-electron chi connectivity index (χ0n) is 33.2. The molecular weight excluding hydrogens is 761 g/mol. The molecule has 0 bridgehead atoms. The van der Waals surface area contributed by atoms with Crippen molar-refractivity contribution in [1.29, 1.82) is 0 Å². The van der Waals surface area contributed by atoms with Crippen molar-refractivity contribution in [3.05, 3.63) is 143 Å². The van der Waals surface area contributed by atoms with E-state index >= 15 is 0 Å². The maximum atomic E-state index is 13.9. The Balaban J connectivity index is 0.941. The van der Waals surface area contributed by atoms with Gasteiger partial charge in [-0.3, -0.25) is 9.59 Å². The first-order valence-electron chi connectivity index (χ1n) is 19.9. The number of benzene rings is 4. The lowest BCUT2D eigenvalue weighted by molar-refractivity contribution is -0.135. The zero-order valence-corrected chi connectivity index (χ0v) is 33.2. The number of hydrogen-bond acceptors (Lipinski definition) is 8. The summed E-state index contributed by atoms with van der Waals surface area (Å²) in [5.41, 5.74) is 6.29. The van der Waals surface area contributed by atoms with E-state index in [4.69, 9.17) is 14.5 Å². The molecule has 4 heterocycles. The normalized spacial score (nSPS) is 17.0. The highest BCUT2D eigenvalue weighted by Crippen LogP contribution is 2.36. The highest BCUT2D eigenvalue weighted by molar-refractivity contribution is 5.88. The lowest BCUT2D eigenvalue weighted by Crippen LogP contribution is -2.42. The van der Waals surface area contributed by atoms with Gasteiger partial charge in [0.25, 0.3) is 11.8 Å². The van der Waals surface area contributed by atoms with Crippen LogP contribution in [0.15, 0.2) is 109 Å². The molecule has 14 nitrogen and oxygen atoms in total. The number of hydrogen-bond donors (Lipinski definition) is 4. The fourth-order valence-corrected chi connectivity index (χ4v) is 7.98. The number of likely N-dealkylation sites (tertiary alicyclic amines) is 2. The molecule has 2 aromatic heterocycles. The lowest BCUT2D eigenvalue weighted by atomic mass is 10.1.